The lowest BCUT2D eigenvalue weighted by Crippen LogP contribution is -2.48. The third-order valence-corrected chi connectivity index (χ3v) is 5.94. The number of nitrogens with zero attached hydrogens (tertiary/aromatic N) is 5. The average Bonchev–Trinajstić information content (AvgIpc) is 3.07. The first kappa shape index (κ1) is 26.1. The van der Waals surface area contributed by atoms with E-state index in [0.29, 0.717) is 18.5 Å². The van der Waals surface area contributed by atoms with Crippen molar-refractivity contribution < 1.29 is 4.74 Å². The first-order valence-corrected chi connectivity index (χ1v) is 11.6. The van der Waals surface area contributed by atoms with Crippen molar-refractivity contribution in [1.29, 1.82) is 0 Å². The quantitative estimate of drug-likeness (QED) is 0.209. The van der Waals surface area contributed by atoms with E-state index in [1.165, 1.54) is 0 Å². The Morgan fingerprint density at radius 3 is 2.65 bits per heavy atom. The van der Waals surface area contributed by atoms with Crippen molar-refractivity contribution in [2.45, 2.75) is 65.6 Å². The van der Waals surface area contributed by atoms with Crippen LogP contribution >= 0.6 is 24.0 Å². The van der Waals surface area contributed by atoms with Gasteiger partial charge in [0.15, 0.2) is 5.96 Å². The van der Waals surface area contributed by atoms with Gasteiger partial charge in [0.25, 0.3) is 0 Å². The molecule has 2 aliphatic rings. The zero-order chi connectivity index (χ0) is 21.3. The molecule has 1 atom stereocenters. The molecule has 178 valence electrons. The molecule has 1 aromatic heterocycles. The number of nitrogens with one attached hydrogen (secondary N) is 2. The lowest BCUT2D eigenvalue weighted by atomic mass is 10.0. The van der Waals surface area contributed by atoms with Crippen LogP contribution in [0.15, 0.2) is 9.79 Å². The minimum atomic E-state index is 0. The number of fused-ring (bicyclic) bond motifs is 1. The van der Waals surface area contributed by atoms with Gasteiger partial charge in [-0.15, -0.1) is 24.0 Å². The number of morpholine rings is 1. The second kappa shape index (κ2) is 13.4. The van der Waals surface area contributed by atoms with E-state index in [9.17, 15) is 4.79 Å². The predicted molar refractivity (Wildman–Crippen MR) is 134 cm³/mol. The van der Waals surface area contributed by atoms with E-state index in [-0.39, 0.29) is 29.7 Å². The summed E-state index contributed by atoms with van der Waals surface area (Å²) in [7, 11) is 0. The number of aliphatic imine (C=N–C) groups is 1. The molecule has 3 rings (SSSR count). The molecule has 1 unspecified atom stereocenters. The maximum absolute atomic E-state index is 12.4. The maximum Gasteiger partial charge on any atom is 0.345 e. The molecule has 0 bridgehead atoms. The highest BCUT2D eigenvalue weighted by atomic mass is 127. The fraction of sp³-hybridized carbons (Fsp3) is 0.857. The summed E-state index contributed by atoms with van der Waals surface area (Å²) in [4.78, 5) is 19.8. The third-order valence-electron chi connectivity index (χ3n) is 5.94. The molecule has 3 heterocycles. The lowest BCUT2D eigenvalue weighted by molar-refractivity contribution is 0.00867. The summed E-state index contributed by atoms with van der Waals surface area (Å²) in [5.41, 5.74) is 0.0376. The average molecular weight is 550 g/mol. The molecule has 0 radical (unpaired) electrons. The Bertz CT molecular complexity index is 741. The molecule has 0 aromatic carbocycles. The molecule has 10 heteroatoms. The second-order valence-electron chi connectivity index (χ2n) is 8.49. The van der Waals surface area contributed by atoms with Crippen molar-refractivity contribution in [2.75, 3.05) is 45.9 Å². The van der Waals surface area contributed by atoms with E-state index >= 15 is 0 Å². The number of hydrogen-bond donors (Lipinski definition) is 2. The third kappa shape index (κ3) is 7.45. The number of aromatic nitrogens is 3. The number of halogens is 1. The standard InChI is InChI=1S/C21H39N7O2.HI/c1-4-22-20(24-16-18(17(2)3)26-12-14-30-15-13-26)23-9-7-11-28-21(29)27-10-6-5-8-19(27)25-28;/h17-18H,4-16H2,1-3H3,(H2,22,23,24);1H. The molecule has 1 fully saturated rings. The van der Waals surface area contributed by atoms with Gasteiger partial charge in [0.05, 0.1) is 19.8 Å². The number of hydrogen-bond acceptors (Lipinski definition) is 5. The van der Waals surface area contributed by atoms with Crippen LogP contribution < -0.4 is 16.3 Å². The summed E-state index contributed by atoms with van der Waals surface area (Å²) < 4.78 is 8.96. The zero-order valence-corrected chi connectivity index (χ0v) is 21.6. The van der Waals surface area contributed by atoms with Crippen molar-refractivity contribution in [3.8, 4) is 0 Å². The fourth-order valence-electron chi connectivity index (χ4n) is 4.21. The van der Waals surface area contributed by atoms with Crippen LogP contribution in [0, 0.1) is 5.92 Å². The largest absolute Gasteiger partial charge is 0.379 e. The zero-order valence-electron chi connectivity index (χ0n) is 19.3. The van der Waals surface area contributed by atoms with Crippen LogP contribution in [0.3, 0.4) is 0 Å². The van der Waals surface area contributed by atoms with Gasteiger partial charge >= 0.3 is 5.69 Å². The SMILES string of the molecule is CCNC(=NCC(C(C)C)N1CCOCC1)NCCCn1nc2n(c1=O)CCCC2.I. The first-order chi connectivity index (χ1) is 14.6. The highest BCUT2D eigenvalue weighted by molar-refractivity contribution is 14.0. The molecule has 2 aliphatic heterocycles. The van der Waals surface area contributed by atoms with Gasteiger partial charge in [0, 0.05) is 51.7 Å². The minimum absolute atomic E-state index is 0. The minimum Gasteiger partial charge on any atom is -0.379 e. The smallest absolute Gasteiger partial charge is 0.345 e. The highest BCUT2D eigenvalue weighted by Crippen LogP contribution is 2.13. The maximum atomic E-state index is 12.4. The monoisotopic (exact) mass is 549 g/mol. The van der Waals surface area contributed by atoms with Gasteiger partial charge in [-0.2, -0.15) is 5.10 Å². The summed E-state index contributed by atoms with van der Waals surface area (Å²) in [6, 6.07) is 0.416. The van der Waals surface area contributed by atoms with Gasteiger partial charge in [-0.25, -0.2) is 9.48 Å². The Morgan fingerprint density at radius 2 is 1.97 bits per heavy atom. The van der Waals surface area contributed by atoms with Gasteiger partial charge in [0.1, 0.15) is 5.82 Å². The Kier molecular flexibility index (Phi) is 11.3. The van der Waals surface area contributed by atoms with E-state index in [4.69, 9.17) is 9.73 Å². The van der Waals surface area contributed by atoms with Crippen molar-refractivity contribution in [3.05, 3.63) is 16.3 Å². The summed E-state index contributed by atoms with van der Waals surface area (Å²) in [6.07, 6.45) is 3.95. The molecule has 0 amide bonds. The van der Waals surface area contributed by atoms with Crippen molar-refractivity contribution in [2.24, 2.45) is 10.9 Å². The van der Waals surface area contributed by atoms with E-state index in [1.807, 2.05) is 4.57 Å². The van der Waals surface area contributed by atoms with Crippen LogP contribution in [0.5, 0.6) is 0 Å². The Hall–Kier alpha value is -1.14. The van der Waals surface area contributed by atoms with Gasteiger partial charge in [0.2, 0.25) is 0 Å². The van der Waals surface area contributed by atoms with E-state index < -0.39 is 0 Å². The van der Waals surface area contributed by atoms with E-state index in [0.717, 1.165) is 89.9 Å². The fourth-order valence-corrected chi connectivity index (χ4v) is 4.21. The van der Waals surface area contributed by atoms with E-state index in [1.54, 1.807) is 4.68 Å². The molecule has 31 heavy (non-hydrogen) atoms. The molecule has 0 spiro atoms. The van der Waals surface area contributed by atoms with Crippen molar-refractivity contribution >= 4 is 29.9 Å². The second-order valence-corrected chi connectivity index (χ2v) is 8.49. The lowest BCUT2D eigenvalue weighted by Gasteiger charge is -2.36. The molecule has 9 nitrogen and oxygen atoms in total. The normalized spacial score (nSPS) is 18.4. The van der Waals surface area contributed by atoms with Gasteiger partial charge < -0.3 is 15.4 Å². The van der Waals surface area contributed by atoms with Crippen LogP contribution in [0.25, 0.3) is 0 Å². The molecule has 2 N–H and O–H groups in total. The Balaban J connectivity index is 0.00000341. The molecular weight excluding hydrogens is 509 g/mol. The molecule has 0 saturated carbocycles. The van der Waals surface area contributed by atoms with Gasteiger partial charge in [-0.05, 0) is 32.1 Å². The summed E-state index contributed by atoms with van der Waals surface area (Å²) in [6.45, 7) is 14.0. The van der Waals surface area contributed by atoms with Crippen molar-refractivity contribution in [3.63, 3.8) is 0 Å². The molecule has 1 saturated heterocycles. The molecular formula is C21H40IN7O2. The van der Waals surface area contributed by atoms with Gasteiger partial charge in [-0.3, -0.25) is 14.5 Å². The Morgan fingerprint density at radius 1 is 1.19 bits per heavy atom. The van der Waals surface area contributed by atoms with Crippen molar-refractivity contribution in [1.82, 2.24) is 29.9 Å². The summed E-state index contributed by atoms with van der Waals surface area (Å²) in [5.74, 6) is 2.32. The predicted octanol–water partition coefficient (Wildman–Crippen LogP) is 1.30. The van der Waals surface area contributed by atoms with Crippen LogP contribution in [0.1, 0.15) is 45.9 Å². The number of ether oxygens (including phenoxy) is 1. The van der Waals surface area contributed by atoms with Crippen LogP contribution in [0.2, 0.25) is 0 Å². The number of rotatable bonds is 9. The number of aryl methyl sites for hydroxylation is 2. The van der Waals surface area contributed by atoms with Crippen LogP contribution in [-0.4, -0.2) is 77.2 Å². The van der Waals surface area contributed by atoms with E-state index in [2.05, 4.69) is 41.4 Å². The molecule has 0 aliphatic carbocycles. The topological polar surface area (TPSA) is 88.7 Å². The molecule has 1 aromatic rings. The summed E-state index contributed by atoms with van der Waals surface area (Å²) in [5, 5.41) is 11.3. The summed E-state index contributed by atoms with van der Waals surface area (Å²) >= 11 is 0. The number of guanidine groups is 1. The Labute approximate surface area is 203 Å². The van der Waals surface area contributed by atoms with Crippen LogP contribution in [0.4, 0.5) is 0 Å². The van der Waals surface area contributed by atoms with Crippen LogP contribution in [-0.2, 0) is 24.2 Å². The highest BCUT2D eigenvalue weighted by Gasteiger charge is 2.23. The van der Waals surface area contributed by atoms with Gasteiger partial charge in [-0.1, -0.05) is 13.8 Å². The first-order valence-electron chi connectivity index (χ1n) is 11.6.